The Bertz CT molecular complexity index is 428. The molecule has 1 heterocycles. The van der Waals surface area contributed by atoms with Gasteiger partial charge in [-0.2, -0.15) is 0 Å². The lowest BCUT2D eigenvalue weighted by Crippen LogP contribution is -2.34. The zero-order chi connectivity index (χ0) is 12.2. The first-order chi connectivity index (χ1) is 7.51. The third-order valence-electron chi connectivity index (χ3n) is 2.25. The fourth-order valence-electron chi connectivity index (χ4n) is 1.09. The largest absolute Gasteiger partial charge is 0.395 e. The van der Waals surface area contributed by atoms with E-state index in [1.807, 2.05) is 6.92 Å². The molecule has 7 nitrogen and oxygen atoms in total. The monoisotopic (exact) mass is 248 g/mol. The van der Waals surface area contributed by atoms with E-state index in [1.54, 1.807) is 10.9 Å². The molecule has 0 bridgehead atoms. The van der Waals surface area contributed by atoms with E-state index in [0.29, 0.717) is 12.4 Å². The van der Waals surface area contributed by atoms with Crippen molar-refractivity contribution < 1.29 is 13.5 Å². The summed E-state index contributed by atoms with van der Waals surface area (Å²) in [5, 5.41) is 15.4. The van der Waals surface area contributed by atoms with Gasteiger partial charge < -0.3 is 9.67 Å². The van der Waals surface area contributed by atoms with E-state index in [4.69, 9.17) is 5.11 Å². The lowest BCUT2D eigenvalue weighted by Gasteiger charge is -2.11. The van der Waals surface area contributed by atoms with E-state index in [0.717, 1.165) is 0 Å². The van der Waals surface area contributed by atoms with Crippen molar-refractivity contribution in [3.63, 3.8) is 0 Å². The molecule has 2 N–H and O–H groups in total. The van der Waals surface area contributed by atoms with Crippen molar-refractivity contribution in [2.45, 2.75) is 32.2 Å². The maximum absolute atomic E-state index is 11.5. The molecule has 0 aliphatic heterocycles. The Morgan fingerprint density at radius 2 is 2.31 bits per heavy atom. The molecule has 1 aromatic heterocycles. The Labute approximate surface area is 94.6 Å². The first-order valence-electron chi connectivity index (χ1n) is 4.97. The van der Waals surface area contributed by atoms with Crippen LogP contribution in [-0.4, -0.2) is 40.1 Å². The number of aryl methyl sites for hydroxylation is 1. The Hall–Kier alpha value is -0.990. The van der Waals surface area contributed by atoms with E-state index in [1.165, 1.54) is 6.92 Å². The van der Waals surface area contributed by atoms with Crippen LogP contribution in [0.3, 0.4) is 0 Å². The van der Waals surface area contributed by atoms with Gasteiger partial charge in [-0.15, -0.1) is 10.2 Å². The first-order valence-corrected chi connectivity index (χ1v) is 6.52. The Balaban J connectivity index is 2.65. The first kappa shape index (κ1) is 13.1. The molecule has 0 radical (unpaired) electrons. The minimum absolute atomic E-state index is 0.0838. The quantitative estimate of drug-likeness (QED) is 0.680. The topological polar surface area (TPSA) is 97.1 Å². The summed E-state index contributed by atoms with van der Waals surface area (Å²) in [5.74, 6) is 0.552. The number of nitrogens with zero attached hydrogens (tertiary/aromatic N) is 3. The summed E-state index contributed by atoms with van der Waals surface area (Å²) < 4.78 is 27.2. The molecule has 8 heteroatoms. The van der Waals surface area contributed by atoms with Crippen LogP contribution >= 0.6 is 0 Å². The van der Waals surface area contributed by atoms with Crippen LogP contribution in [0, 0.1) is 0 Å². The Morgan fingerprint density at radius 1 is 1.62 bits per heavy atom. The summed E-state index contributed by atoms with van der Waals surface area (Å²) in [6, 6.07) is 0. The van der Waals surface area contributed by atoms with Crippen LogP contribution in [-0.2, 0) is 23.1 Å². The highest BCUT2D eigenvalue weighted by molar-refractivity contribution is 7.90. The highest BCUT2D eigenvalue weighted by atomic mass is 32.2. The fourth-order valence-corrected chi connectivity index (χ4v) is 1.90. The zero-order valence-corrected chi connectivity index (χ0v) is 10.1. The SMILES string of the molecule is CCn1cnnc1CNS(=O)(=O)C(C)CO. The molecule has 0 fully saturated rings. The summed E-state index contributed by atoms with van der Waals surface area (Å²) >= 11 is 0. The number of aliphatic hydroxyl groups excluding tert-OH is 1. The van der Waals surface area contributed by atoms with Gasteiger partial charge in [0.2, 0.25) is 10.0 Å². The summed E-state index contributed by atoms with van der Waals surface area (Å²) in [7, 11) is -3.49. The molecule has 0 spiro atoms. The second kappa shape index (κ2) is 5.37. The molecular formula is C8H16N4O3S. The lowest BCUT2D eigenvalue weighted by molar-refractivity contribution is 0.294. The van der Waals surface area contributed by atoms with Gasteiger partial charge in [-0.1, -0.05) is 0 Å². The van der Waals surface area contributed by atoms with Gasteiger partial charge in [0.05, 0.1) is 18.4 Å². The van der Waals surface area contributed by atoms with Crippen LogP contribution in [0.5, 0.6) is 0 Å². The molecule has 0 saturated heterocycles. The van der Waals surface area contributed by atoms with Crippen LogP contribution in [0.15, 0.2) is 6.33 Å². The number of aromatic nitrogens is 3. The number of aliphatic hydroxyl groups is 1. The van der Waals surface area contributed by atoms with Gasteiger partial charge in [-0.3, -0.25) is 0 Å². The van der Waals surface area contributed by atoms with Crippen LogP contribution in [0.25, 0.3) is 0 Å². The number of rotatable bonds is 6. The summed E-state index contributed by atoms with van der Waals surface area (Å²) in [6.07, 6.45) is 1.54. The molecule has 92 valence electrons. The van der Waals surface area contributed by atoms with Crippen LogP contribution in [0.1, 0.15) is 19.7 Å². The van der Waals surface area contributed by atoms with Crippen molar-refractivity contribution in [3.05, 3.63) is 12.2 Å². The summed E-state index contributed by atoms with van der Waals surface area (Å²) in [5.41, 5.74) is 0. The van der Waals surface area contributed by atoms with Gasteiger partial charge >= 0.3 is 0 Å². The Morgan fingerprint density at radius 3 is 2.88 bits per heavy atom. The van der Waals surface area contributed by atoms with Gasteiger partial charge in [0.25, 0.3) is 0 Å². The van der Waals surface area contributed by atoms with E-state index in [2.05, 4.69) is 14.9 Å². The minimum Gasteiger partial charge on any atom is -0.395 e. The van der Waals surface area contributed by atoms with Crippen molar-refractivity contribution >= 4 is 10.0 Å². The third kappa shape index (κ3) is 3.00. The van der Waals surface area contributed by atoms with E-state index >= 15 is 0 Å². The minimum atomic E-state index is -3.49. The van der Waals surface area contributed by atoms with Gasteiger partial charge in [0.15, 0.2) is 0 Å². The average Bonchev–Trinajstić information content (AvgIpc) is 2.72. The Kier molecular flexibility index (Phi) is 4.39. The van der Waals surface area contributed by atoms with Crippen molar-refractivity contribution in [2.24, 2.45) is 0 Å². The van der Waals surface area contributed by atoms with Crippen molar-refractivity contribution in [2.75, 3.05) is 6.61 Å². The van der Waals surface area contributed by atoms with E-state index in [-0.39, 0.29) is 6.54 Å². The third-order valence-corrected chi connectivity index (χ3v) is 4.01. The number of nitrogens with one attached hydrogen (secondary N) is 1. The molecule has 1 rings (SSSR count). The van der Waals surface area contributed by atoms with Gasteiger partial charge in [0.1, 0.15) is 12.2 Å². The number of hydrogen-bond donors (Lipinski definition) is 2. The number of hydrogen-bond acceptors (Lipinski definition) is 5. The van der Waals surface area contributed by atoms with Crippen LogP contribution in [0.4, 0.5) is 0 Å². The van der Waals surface area contributed by atoms with Crippen LogP contribution < -0.4 is 4.72 Å². The van der Waals surface area contributed by atoms with Crippen molar-refractivity contribution in [1.82, 2.24) is 19.5 Å². The predicted molar refractivity (Wildman–Crippen MR) is 58.0 cm³/mol. The summed E-state index contributed by atoms with van der Waals surface area (Å²) in [4.78, 5) is 0. The molecule has 0 saturated carbocycles. The predicted octanol–water partition coefficient (Wildman–Crippen LogP) is -0.902. The van der Waals surface area contributed by atoms with E-state index in [9.17, 15) is 8.42 Å². The molecule has 1 atom stereocenters. The zero-order valence-electron chi connectivity index (χ0n) is 9.29. The van der Waals surface area contributed by atoms with E-state index < -0.39 is 21.9 Å². The molecule has 0 aliphatic rings. The smallest absolute Gasteiger partial charge is 0.216 e. The maximum Gasteiger partial charge on any atom is 0.216 e. The fraction of sp³-hybridized carbons (Fsp3) is 0.750. The molecule has 1 aromatic rings. The summed E-state index contributed by atoms with van der Waals surface area (Å²) in [6.45, 7) is 3.71. The average molecular weight is 248 g/mol. The number of sulfonamides is 1. The van der Waals surface area contributed by atoms with Crippen LogP contribution in [0.2, 0.25) is 0 Å². The lowest BCUT2D eigenvalue weighted by atomic mass is 10.5. The van der Waals surface area contributed by atoms with Gasteiger partial charge in [-0.05, 0) is 13.8 Å². The highest BCUT2D eigenvalue weighted by Crippen LogP contribution is 2.00. The molecule has 16 heavy (non-hydrogen) atoms. The molecule has 0 amide bonds. The normalized spacial score (nSPS) is 13.9. The standard InChI is InChI=1S/C8H16N4O3S/c1-3-12-6-9-11-8(12)4-10-16(14,15)7(2)5-13/h6-7,10,13H,3-5H2,1-2H3. The maximum atomic E-state index is 11.5. The molecule has 0 aromatic carbocycles. The molecule has 1 unspecified atom stereocenters. The van der Waals surface area contributed by atoms with Crippen molar-refractivity contribution in [3.8, 4) is 0 Å². The van der Waals surface area contributed by atoms with Crippen molar-refractivity contribution in [1.29, 1.82) is 0 Å². The molecule has 0 aliphatic carbocycles. The van der Waals surface area contributed by atoms with Gasteiger partial charge in [-0.25, -0.2) is 13.1 Å². The highest BCUT2D eigenvalue weighted by Gasteiger charge is 2.19. The van der Waals surface area contributed by atoms with Gasteiger partial charge in [0, 0.05) is 6.54 Å². The second-order valence-electron chi connectivity index (χ2n) is 3.39. The molecular weight excluding hydrogens is 232 g/mol. The second-order valence-corrected chi connectivity index (χ2v) is 5.58.